The highest BCUT2D eigenvalue weighted by atomic mass is 16.5. The summed E-state index contributed by atoms with van der Waals surface area (Å²) >= 11 is 0. The van der Waals surface area contributed by atoms with Crippen molar-refractivity contribution in [2.24, 2.45) is 10.8 Å². The first kappa shape index (κ1) is 26.9. The molecule has 12 nitrogen and oxygen atoms in total. The van der Waals surface area contributed by atoms with Gasteiger partial charge in [-0.1, -0.05) is 60.7 Å². The van der Waals surface area contributed by atoms with Gasteiger partial charge in [-0.3, -0.25) is 29.8 Å². The number of urea groups is 2. The topological polar surface area (TPSA) is 151 Å². The quantitative estimate of drug-likeness (QED) is 0.469. The lowest BCUT2D eigenvalue weighted by Gasteiger charge is -2.70. The number of benzene rings is 2. The normalized spacial score (nSPS) is 27.1. The van der Waals surface area contributed by atoms with Crippen LogP contribution in [-0.4, -0.2) is 70.8 Å². The smallest absolute Gasteiger partial charge is 0.326 e. The van der Waals surface area contributed by atoms with Crippen molar-refractivity contribution >= 4 is 35.8 Å². The molecule has 2 aromatic rings. The summed E-state index contributed by atoms with van der Waals surface area (Å²) in [6, 6.07) is 14.0. The first-order valence-electron chi connectivity index (χ1n) is 12.7. The largest absolute Gasteiger partial charge is 0.459 e. The van der Waals surface area contributed by atoms with Crippen LogP contribution in [0, 0.1) is 10.8 Å². The third kappa shape index (κ3) is 4.34. The maximum atomic E-state index is 13.2. The Hall–Kier alpha value is -4.74. The SMILES string of the molecule is CC12C(=O)NC(=O)N(CC(=O)OCc3ccccc3)C1C1(C)C(=O)NC(=O)N(CC(=O)OCc3ccccc3)C21. The van der Waals surface area contributed by atoms with Gasteiger partial charge in [0, 0.05) is 0 Å². The Balaban J connectivity index is 1.35. The van der Waals surface area contributed by atoms with Crippen molar-refractivity contribution in [3.05, 3.63) is 71.8 Å². The molecule has 1 saturated carbocycles. The van der Waals surface area contributed by atoms with E-state index in [9.17, 15) is 28.8 Å². The molecule has 2 aromatic carbocycles. The molecule has 2 heterocycles. The number of ether oxygens (including phenoxy) is 2. The van der Waals surface area contributed by atoms with Crippen LogP contribution in [0.25, 0.3) is 0 Å². The van der Waals surface area contributed by atoms with Gasteiger partial charge in [-0.15, -0.1) is 0 Å². The van der Waals surface area contributed by atoms with Crippen LogP contribution in [0.15, 0.2) is 60.7 Å². The summed E-state index contributed by atoms with van der Waals surface area (Å²) in [6.45, 7) is 1.89. The van der Waals surface area contributed by atoms with Crippen LogP contribution in [-0.2, 0) is 41.9 Å². The Bertz CT molecular complexity index is 1270. The summed E-state index contributed by atoms with van der Waals surface area (Å²) < 4.78 is 10.6. The number of imide groups is 2. The average molecular weight is 549 g/mol. The average Bonchev–Trinajstić information content (AvgIpc) is 2.93. The molecule has 5 rings (SSSR count). The minimum Gasteiger partial charge on any atom is -0.459 e. The zero-order valence-corrected chi connectivity index (χ0v) is 21.9. The molecular weight excluding hydrogens is 520 g/mol. The molecule has 3 aliphatic rings. The minimum atomic E-state index is -1.50. The molecular formula is C28H28N4O8. The Morgan fingerprint density at radius 2 is 1.02 bits per heavy atom. The molecule has 2 aliphatic heterocycles. The van der Waals surface area contributed by atoms with Crippen molar-refractivity contribution in [1.82, 2.24) is 20.4 Å². The summed E-state index contributed by atoms with van der Waals surface area (Å²) in [5.41, 5.74) is -1.52. The molecule has 12 heteroatoms. The van der Waals surface area contributed by atoms with Crippen LogP contribution in [0.5, 0.6) is 0 Å². The Labute approximate surface area is 229 Å². The number of esters is 2. The molecule has 0 radical (unpaired) electrons. The van der Waals surface area contributed by atoms with Crippen LogP contribution < -0.4 is 10.6 Å². The highest BCUT2D eigenvalue weighted by Gasteiger charge is 2.80. The van der Waals surface area contributed by atoms with Crippen LogP contribution in [0.1, 0.15) is 25.0 Å². The second kappa shape index (κ2) is 10.1. The van der Waals surface area contributed by atoms with Crippen LogP contribution in [0.3, 0.4) is 0 Å². The van der Waals surface area contributed by atoms with Crippen molar-refractivity contribution in [1.29, 1.82) is 0 Å². The monoisotopic (exact) mass is 548 g/mol. The summed E-state index contributed by atoms with van der Waals surface area (Å²) in [5.74, 6) is -2.92. The summed E-state index contributed by atoms with van der Waals surface area (Å²) in [5, 5.41) is 4.47. The number of nitrogens with one attached hydrogen (secondary N) is 2. The van der Waals surface area contributed by atoms with Gasteiger partial charge in [0.15, 0.2) is 0 Å². The van der Waals surface area contributed by atoms with E-state index in [1.54, 1.807) is 48.5 Å². The van der Waals surface area contributed by atoms with Crippen molar-refractivity contribution in [3.8, 4) is 0 Å². The Morgan fingerprint density at radius 1 is 0.675 bits per heavy atom. The molecule has 208 valence electrons. The molecule has 0 aromatic heterocycles. The predicted octanol–water partition coefficient (Wildman–Crippen LogP) is 1.34. The number of hydrogen-bond acceptors (Lipinski definition) is 8. The van der Waals surface area contributed by atoms with Crippen LogP contribution in [0.4, 0.5) is 9.59 Å². The third-order valence-electron chi connectivity index (χ3n) is 7.92. The van der Waals surface area contributed by atoms with Gasteiger partial charge < -0.3 is 19.3 Å². The number of carbonyl (C=O) groups is 6. The fraction of sp³-hybridized carbons (Fsp3) is 0.357. The Morgan fingerprint density at radius 3 is 1.38 bits per heavy atom. The molecule has 40 heavy (non-hydrogen) atoms. The van der Waals surface area contributed by atoms with Gasteiger partial charge in [0.25, 0.3) is 0 Å². The van der Waals surface area contributed by atoms with Crippen LogP contribution in [0.2, 0.25) is 0 Å². The molecule has 0 bridgehead atoms. The van der Waals surface area contributed by atoms with E-state index in [1.807, 2.05) is 12.1 Å². The second-order valence-corrected chi connectivity index (χ2v) is 10.4. The highest BCUT2D eigenvalue weighted by molar-refractivity contribution is 6.10. The number of amides is 6. The van der Waals surface area contributed by atoms with Gasteiger partial charge in [0.05, 0.1) is 22.9 Å². The second-order valence-electron chi connectivity index (χ2n) is 10.4. The van der Waals surface area contributed by atoms with Crippen molar-refractivity contribution in [2.45, 2.75) is 39.1 Å². The number of carbonyl (C=O) groups excluding carboxylic acids is 6. The van der Waals surface area contributed by atoms with E-state index >= 15 is 0 Å². The first-order valence-corrected chi connectivity index (χ1v) is 12.7. The third-order valence-corrected chi connectivity index (χ3v) is 7.92. The number of fused-ring (bicyclic) bond motifs is 4. The van der Waals surface area contributed by atoms with Gasteiger partial charge in [0.1, 0.15) is 26.3 Å². The molecule has 3 fully saturated rings. The molecule has 0 unspecified atom stereocenters. The molecule has 0 spiro atoms. The Kier molecular flexibility index (Phi) is 6.78. The lowest BCUT2D eigenvalue weighted by atomic mass is 9.43. The van der Waals surface area contributed by atoms with Crippen molar-refractivity contribution in [3.63, 3.8) is 0 Å². The summed E-state index contributed by atoms with van der Waals surface area (Å²) in [4.78, 5) is 79.9. The number of hydrogen-bond donors (Lipinski definition) is 2. The maximum Gasteiger partial charge on any atom is 0.326 e. The fourth-order valence-electron chi connectivity index (χ4n) is 6.25. The lowest BCUT2D eigenvalue weighted by molar-refractivity contribution is -0.212. The van der Waals surface area contributed by atoms with E-state index in [0.29, 0.717) is 0 Å². The van der Waals surface area contributed by atoms with Gasteiger partial charge >= 0.3 is 24.0 Å². The zero-order chi connectivity index (χ0) is 28.7. The minimum absolute atomic E-state index is 0.0241. The highest BCUT2D eigenvalue weighted by Crippen LogP contribution is 2.61. The van der Waals surface area contributed by atoms with Crippen molar-refractivity contribution < 1.29 is 38.2 Å². The van der Waals surface area contributed by atoms with Crippen LogP contribution >= 0.6 is 0 Å². The summed E-state index contributed by atoms with van der Waals surface area (Å²) in [7, 11) is 0. The molecule has 2 N–H and O–H groups in total. The van der Waals surface area contributed by atoms with Crippen molar-refractivity contribution in [2.75, 3.05) is 13.1 Å². The van der Waals surface area contributed by atoms with E-state index in [0.717, 1.165) is 20.9 Å². The molecule has 0 atom stereocenters. The van der Waals surface area contributed by atoms with Gasteiger partial charge in [-0.2, -0.15) is 0 Å². The summed E-state index contributed by atoms with van der Waals surface area (Å²) in [6.07, 6.45) is 0. The van der Waals surface area contributed by atoms with Gasteiger partial charge in [-0.25, -0.2) is 9.59 Å². The molecule has 6 amide bonds. The maximum absolute atomic E-state index is 13.2. The van der Waals surface area contributed by atoms with E-state index < -0.39 is 71.8 Å². The molecule has 1 aliphatic carbocycles. The predicted molar refractivity (Wildman–Crippen MR) is 137 cm³/mol. The first-order chi connectivity index (χ1) is 19.1. The van der Waals surface area contributed by atoms with E-state index in [2.05, 4.69) is 10.6 Å². The van der Waals surface area contributed by atoms with E-state index in [-0.39, 0.29) is 13.2 Å². The number of nitrogens with zero attached hydrogens (tertiary/aromatic N) is 2. The lowest BCUT2D eigenvalue weighted by Crippen LogP contribution is -2.91. The van der Waals surface area contributed by atoms with E-state index in [4.69, 9.17) is 9.47 Å². The number of rotatable bonds is 8. The molecule has 2 saturated heterocycles. The van der Waals surface area contributed by atoms with Gasteiger partial charge in [0.2, 0.25) is 11.8 Å². The van der Waals surface area contributed by atoms with E-state index in [1.165, 1.54) is 13.8 Å². The van der Waals surface area contributed by atoms with Gasteiger partial charge in [-0.05, 0) is 25.0 Å². The zero-order valence-electron chi connectivity index (χ0n) is 21.9. The standard InChI is InChI=1S/C28H28N4O8/c1-27-21(31(25(37)29-23(27)35)13-19(33)39-15-17-9-5-3-6-10-17)28(2)22(27)32(26(38)30-24(28)36)14-20(34)40-16-18-11-7-4-8-12-18/h3-12,21-22H,13-16H2,1-2H3,(H,29,35,37)(H,30,36,38). The fourth-order valence-corrected chi connectivity index (χ4v) is 6.25.